The number of nitrogens with one attached hydrogen (secondary N) is 1. The lowest BCUT2D eigenvalue weighted by molar-refractivity contribution is -0.141. The zero-order valence-electron chi connectivity index (χ0n) is 11.5. The highest BCUT2D eigenvalue weighted by Gasteiger charge is 2.42. The zero-order chi connectivity index (χ0) is 15.1. The number of hydrogen-bond donors (Lipinski definition) is 1. The maximum Gasteiger partial charge on any atom is 0.433 e. The first kappa shape index (κ1) is 14.6. The Morgan fingerprint density at radius 1 is 1.40 bits per heavy atom. The van der Waals surface area contributed by atoms with Gasteiger partial charge in [0.2, 0.25) is 0 Å². The minimum absolute atomic E-state index is 0.207. The largest absolute Gasteiger partial charge is 0.433 e. The van der Waals surface area contributed by atoms with E-state index in [1.54, 1.807) is 0 Å². The third-order valence-electron chi connectivity index (χ3n) is 3.75. The van der Waals surface area contributed by atoms with Crippen LogP contribution in [0.1, 0.15) is 26.5 Å². The van der Waals surface area contributed by atoms with Crippen molar-refractivity contribution in [1.29, 1.82) is 0 Å². The molecule has 1 N–H and O–H groups in total. The van der Waals surface area contributed by atoms with Crippen LogP contribution in [0.4, 0.5) is 23.7 Å². The van der Waals surface area contributed by atoms with E-state index >= 15 is 0 Å². The summed E-state index contributed by atoms with van der Waals surface area (Å²) in [5.41, 5.74) is -1.01. The van der Waals surface area contributed by atoms with Crippen LogP contribution in [0.15, 0.2) is 18.3 Å². The number of halogens is 3. The number of rotatable bonds is 2. The number of aromatic nitrogens is 1. The lowest BCUT2D eigenvalue weighted by atomic mass is 9.89. The highest BCUT2D eigenvalue weighted by molar-refractivity contribution is 5.95. The maximum absolute atomic E-state index is 12.4. The molecule has 1 unspecified atom stereocenters. The Labute approximate surface area is 115 Å². The van der Waals surface area contributed by atoms with Crippen LogP contribution in [0.2, 0.25) is 0 Å². The SMILES string of the molecule is CC(C)C1(C)CN(c2ccc(C(F)(F)F)nc2)C(=O)N1. The molecule has 1 saturated heterocycles. The van der Waals surface area contributed by atoms with Gasteiger partial charge in [-0.3, -0.25) is 4.90 Å². The molecule has 0 bridgehead atoms. The van der Waals surface area contributed by atoms with E-state index in [9.17, 15) is 18.0 Å². The van der Waals surface area contributed by atoms with Crippen LogP contribution in [0.5, 0.6) is 0 Å². The summed E-state index contributed by atoms with van der Waals surface area (Å²) < 4.78 is 37.3. The van der Waals surface area contributed by atoms with E-state index in [0.717, 1.165) is 12.3 Å². The number of amides is 2. The minimum Gasteiger partial charge on any atom is -0.330 e. The van der Waals surface area contributed by atoms with E-state index < -0.39 is 17.4 Å². The Kier molecular flexibility index (Phi) is 3.39. The first-order valence-corrected chi connectivity index (χ1v) is 6.26. The first-order valence-electron chi connectivity index (χ1n) is 6.26. The molecular formula is C13H16F3N3O. The van der Waals surface area contributed by atoms with Crippen molar-refractivity contribution in [2.24, 2.45) is 5.92 Å². The van der Waals surface area contributed by atoms with E-state index in [2.05, 4.69) is 10.3 Å². The molecule has 1 aliphatic heterocycles. The van der Waals surface area contributed by atoms with Crippen LogP contribution in [0.25, 0.3) is 0 Å². The van der Waals surface area contributed by atoms with Crippen molar-refractivity contribution in [2.75, 3.05) is 11.4 Å². The highest BCUT2D eigenvalue weighted by Crippen LogP contribution is 2.31. The second-order valence-corrected chi connectivity index (χ2v) is 5.49. The lowest BCUT2D eigenvalue weighted by Crippen LogP contribution is -2.45. The molecule has 20 heavy (non-hydrogen) atoms. The molecule has 0 aliphatic carbocycles. The molecule has 1 aliphatic rings. The number of urea groups is 1. The minimum atomic E-state index is -4.47. The monoisotopic (exact) mass is 287 g/mol. The van der Waals surface area contributed by atoms with E-state index in [1.807, 2.05) is 20.8 Å². The average Bonchev–Trinajstić information content (AvgIpc) is 2.65. The van der Waals surface area contributed by atoms with Crippen LogP contribution < -0.4 is 10.2 Å². The van der Waals surface area contributed by atoms with E-state index in [-0.39, 0.29) is 11.9 Å². The maximum atomic E-state index is 12.4. The highest BCUT2D eigenvalue weighted by atomic mass is 19.4. The van der Waals surface area contributed by atoms with Crippen molar-refractivity contribution in [3.05, 3.63) is 24.0 Å². The number of hydrogen-bond acceptors (Lipinski definition) is 2. The first-order chi connectivity index (χ1) is 9.13. The third kappa shape index (κ3) is 2.57. The van der Waals surface area contributed by atoms with Gasteiger partial charge in [-0.1, -0.05) is 13.8 Å². The van der Waals surface area contributed by atoms with E-state index in [0.29, 0.717) is 12.2 Å². The van der Waals surface area contributed by atoms with Gasteiger partial charge in [-0.2, -0.15) is 13.2 Å². The number of carbonyl (C=O) groups is 1. The van der Waals surface area contributed by atoms with Crippen molar-refractivity contribution < 1.29 is 18.0 Å². The Morgan fingerprint density at radius 3 is 2.45 bits per heavy atom. The summed E-state index contributed by atoms with van der Waals surface area (Å²) in [5.74, 6) is 0.207. The standard InChI is InChI=1S/C13H16F3N3O/c1-8(2)12(3)7-19(11(20)18-12)9-4-5-10(17-6-9)13(14,15)16/h4-6,8H,7H2,1-3H3,(H,18,20). The topological polar surface area (TPSA) is 45.2 Å². The Morgan fingerprint density at radius 2 is 2.05 bits per heavy atom. The van der Waals surface area contributed by atoms with Crippen LogP contribution in [-0.2, 0) is 6.18 Å². The van der Waals surface area contributed by atoms with E-state index in [1.165, 1.54) is 11.0 Å². The van der Waals surface area contributed by atoms with Gasteiger partial charge in [0, 0.05) is 0 Å². The molecule has 110 valence electrons. The van der Waals surface area contributed by atoms with Crippen molar-refractivity contribution in [2.45, 2.75) is 32.5 Å². The van der Waals surface area contributed by atoms with Crippen LogP contribution in [0.3, 0.4) is 0 Å². The van der Waals surface area contributed by atoms with Crippen molar-refractivity contribution in [3.8, 4) is 0 Å². The summed E-state index contributed by atoms with van der Waals surface area (Å²) in [4.78, 5) is 16.7. The number of nitrogens with zero attached hydrogens (tertiary/aromatic N) is 2. The second-order valence-electron chi connectivity index (χ2n) is 5.49. The molecule has 0 saturated carbocycles. The summed E-state index contributed by atoms with van der Waals surface area (Å²) in [6, 6.07) is 1.83. The summed E-state index contributed by atoms with van der Waals surface area (Å²) >= 11 is 0. The van der Waals surface area contributed by atoms with Gasteiger partial charge in [0.25, 0.3) is 0 Å². The molecule has 1 aromatic heterocycles. The van der Waals surface area contributed by atoms with Gasteiger partial charge in [0.1, 0.15) is 5.69 Å². The van der Waals surface area contributed by atoms with Crippen molar-refractivity contribution in [3.63, 3.8) is 0 Å². The molecular weight excluding hydrogens is 271 g/mol. The van der Waals surface area contributed by atoms with Crippen LogP contribution in [-0.4, -0.2) is 23.1 Å². The molecule has 0 aromatic carbocycles. The quantitative estimate of drug-likeness (QED) is 0.908. The van der Waals surface area contributed by atoms with Gasteiger partial charge < -0.3 is 5.32 Å². The molecule has 2 heterocycles. The average molecular weight is 287 g/mol. The number of anilines is 1. The zero-order valence-corrected chi connectivity index (χ0v) is 11.5. The summed E-state index contributed by atoms with van der Waals surface area (Å²) in [5, 5.41) is 2.86. The summed E-state index contributed by atoms with van der Waals surface area (Å²) in [6.07, 6.45) is -3.40. The molecule has 2 rings (SSSR count). The Bertz CT molecular complexity index is 513. The molecule has 0 radical (unpaired) electrons. The fourth-order valence-corrected chi connectivity index (χ4v) is 2.00. The van der Waals surface area contributed by atoms with Gasteiger partial charge in [0.15, 0.2) is 0 Å². The summed E-state index contributed by atoms with van der Waals surface area (Å²) in [6.45, 7) is 6.27. The Balaban J connectivity index is 2.23. The molecule has 4 nitrogen and oxygen atoms in total. The van der Waals surface area contributed by atoms with Gasteiger partial charge >= 0.3 is 12.2 Å². The van der Waals surface area contributed by atoms with Crippen LogP contribution in [0, 0.1) is 5.92 Å². The number of carbonyl (C=O) groups excluding carboxylic acids is 1. The van der Waals surface area contributed by atoms with Crippen molar-refractivity contribution >= 4 is 11.7 Å². The predicted octanol–water partition coefficient (Wildman–Crippen LogP) is 3.04. The van der Waals surface area contributed by atoms with Gasteiger partial charge in [-0.25, -0.2) is 9.78 Å². The molecule has 1 fully saturated rings. The molecule has 2 amide bonds. The predicted molar refractivity (Wildman–Crippen MR) is 68.4 cm³/mol. The summed E-state index contributed by atoms with van der Waals surface area (Å²) in [7, 11) is 0. The molecule has 0 spiro atoms. The fourth-order valence-electron chi connectivity index (χ4n) is 2.00. The lowest BCUT2D eigenvalue weighted by Gasteiger charge is -2.27. The van der Waals surface area contributed by atoms with Crippen LogP contribution >= 0.6 is 0 Å². The van der Waals surface area contributed by atoms with Gasteiger partial charge in [-0.05, 0) is 25.0 Å². The van der Waals surface area contributed by atoms with Gasteiger partial charge in [-0.15, -0.1) is 0 Å². The number of pyridine rings is 1. The smallest absolute Gasteiger partial charge is 0.330 e. The normalized spacial score (nSPS) is 23.4. The molecule has 1 aromatic rings. The second kappa shape index (κ2) is 4.64. The Hall–Kier alpha value is -1.79. The van der Waals surface area contributed by atoms with Gasteiger partial charge in [0.05, 0.1) is 24.0 Å². The number of alkyl halides is 3. The molecule has 7 heteroatoms. The fraction of sp³-hybridized carbons (Fsp3) is 0.538. The van der Waals surface area contributed by atoms with Crippen molar-refractivity contribution in [1.82, 2.24) is 10.3 Å². The third-order valence-corrected chi connectivity index (χ3v) is 3.75. The molecule has 1 atom stereocenters. The van der Waals surface area contributed by atoms with E-state index in [4.69, 9.17) is 0 Å².